The minimum Gasteiger partial charge on any atom is -0.545 e. The van der Waals surface area contributed by atoms with Crippen molar-refractivity contribution in [2.45, 2.75) is 52.1 Å². The Morgan fingerprint density at radius 2 is 1.89 bits per heavy atom. The molecule has 6 nitrogen and oxygen atoms in total. The Hall–Kier alpha value is -2.89. The minimum atomic E-state index is -1.32. The molecule has 27 heavy (non-hydrogen) atoms. The Labute approximate surface area is 158 Å². The van der Waals surface area contributed by atoms with Gasteiger partial charge in [0.25, 0.3) is 0 Å². The topological polar surface area (TPSA) is 92.5 Å². The number of carbonyl (C=O) groups excluding carboxylic acids is 1. The third-order valence-electron chi connectivity index (χ3n) is 4.41. The second kappa shape index (κ2) is 9.71. The molecular formula is C21H24NO5-. The summed E-state index contributed by atoms with van der Waals surface area (Å²) in [6.07, 6.45) is 5.13. The van der Waals surface area contributed by atoms with E-state index in [1.165, 1.54) is 24.6 Å². The molecule has 0 N–H and O–H groups in total. The molecule has 2 aromatic carbocycles. The van der Waals surface area contributed by atoms with Crippen molar-refractivity contribution in [3.63, 3.8) is 0 Å². The quantitative estimate of drug-likeness (QED) is 0.352. The van der Waals surface area contributed by atoms with Crippen molar-refractivity contribution in [3.05, 3.63) is 58.1 Å². The van der Waals surface area contributed by atoms with Crippen LogP contribution in [0.2, 0.25) is 0 Å². The van der Waals surface area contributed by atoms with Crippen LogP contribution in [0.5, 0.6) is 5.75 Å². The molecule has 0 aromatic heterocycles. The highest BCUT2D eigenvalue weighted by Gasteiger charge is 2.19. The van der Waals surface area contributed by atoms with Crippen LogP contribution in [-0.4, -0.2) is 17.0 Å². The predicted octanol–water partition coefficient (Wildman–Crippen LogP) is 4.36. The maximum atomic E-state index is 11.5. The molecule has 2 rings (SSSR count). The summed E-state index contributed by atoms with van der Waals surface area (Å²) in [5.74, 6) is -1.13. The van der Waals surface area contributed by atoms with Crippen molar-refractivity contribution < 1.29 is 19.6 Å². The Bertz CT molecular complexity index is 803. The van der Waals surface area contributed by atoms with Crippen LogP contribution in [-0.2, 0) is 0 Å². The number of nitrogens with zero attached hydrogens (tertiary/aromatic N) is 1. The van der Waals surface area contributed by atoms with Gasteiger partial charge in [-0.05, 0) is 37.0 Å². The van der Waals surface area contributed by atoms with Crippen molar-refractivity contribution in [3.8, 4) is 16.9 Å². The van der Waals surface area contributed by atoms with Gasteiger partial charge in [0.05, 0.1) is 17.0 Å². The van der Waals surface area contributed by atoms with E-state index in [0.717, 1.165) is 25.7 Å². The van der Waals surface area contributed by atoms with Crippen LogP contribution in [0.3, 0.4) is 0 Å². The molecule has 1 atom stereocenters. The summed E-state index contributed by atoms with van der Waals surface area (Å²) in [5, 5.41) is 22.8. The average molecular weight is 370 g/mol. The van der Waals surface area contributed by atoms with E-state index in [1.54, 1.807) is 24.3 Å². The molecule has 0 aliphatic carbocycles. The first-order chi connectivity index (χ1) is 12.9. The Balaban J connectivity index is 2.25. The second-order valence-electron chi connectivity index (χ2n) is 6.55. The number of unbranched alkanes of at least 4 members (excludes halogenated alkanes) is 3. The van der Waals surface area contributed by atoms with E-state index >= 15 is 0 Å². The van der Waals surface area contributed by atoms with Gasteiger partial charge in [0.2, 0.25) is 0 Å². The lowest BCUT2D eigenvalue weighted by Gasteiger charge is -2.16. The summed E-state index contributed by atoms with van der Waals surface area (Å²) >= 11 is 0. The van der Waals surface area contributed by atoms with E-state index < -0.39 is 10.9 Å². The number of carboxylic acid groups (broad SMARTS) is 1. The van der Waals surface area contributed by atoms with Gasteiger partial charge in [-0.15, -0.1) is 0 Å². The lowest BCUT2D eigenvalue weighted by atomic mass is 9.99. The Morgan fingerprint density at radius 3 is 2.56 bits per heavy atom. The van der Waals surface area contributed by atoms with Crippen LogP contribution in [0.25, 0.3) is 11.1 Å². The number of hydrogen-bond acceptors (Lipinski definition) is 5. The van der Waals surface area contributed by atoms with Crippen LogP contribution in [0.15, 0.2) is 42.5 Å². The molecule has 0 saturated heterocycles. The van der Waals surface area contributed by atoms with Crippen LogP contribution in [0.4, 0.5) is 5.69 Å². The molecule has 0 fully saturated rings. The smallest absolute Gasteiger partial charge is 0.311 e. The number of carbonyl (C=O) groups is 1. The van der Waals surface area contributed by atoms with Crippen molar-refractivity contribution in [2.24, 2.45) is 0 Å². The van der Waals surface area contributed by atoms with Gasteiger partial charge in [0, 0.05) is 11.6 Å². The first-order valence-electron chi connectivity index (χ1n) is 9.19. The van der Waals surface area contributed by atoms with Gasteiger partial charge in [-0.25, -0.2) is 0 Å². The molecule has 0 aliphatic rings. The van der Waals surface area contributed by atoms with E-state index in [1.807, 2.05) is 6.92 Å². The number of benzene rings is 2. The van der Waals surface area contributed by atoms with Gasteiger partial charge >= 0.3 is 5.69 Å². The molecule has 0 heterocycles. The summed E-state index contributed by atoms with van der Waals surface area (Å²) in [6.45, 7) is 4.04. The zero-order valence-electron chi connectivity index (χ0n) is 15.6. The van der Waals surface area contributed by atoms with Crippen LogP contribution < -0.4 is 9.84 Å². The first kappa shape index (κ1) is 20.4. The van der Waals surface area contributed by atoms with Gasteiger partial charge in [-0.2, -0.15) is 0 Å². The van der Waals surface area contributed by atoms with E-state index in [9.17, 15) is 20.0 Å². The van der Waals surface area contributed by atoms with Crippen LogP contribution in [0.1, 0.15) is 56.3 Å². The van der Waals surface area contributed by atoms with Gasteiger partial charge in [-0.1, -0.05) is 56.5 Å². The highest BCUT2D eigenvalue weighted by molar-refractivity contribution is 5.95. The number of rotatable bonds is 10. The van der Waals surface area contributed by atoms with Gasteiger partial charge in [0.1, 0.15) is 0 Å². The molecule has 0 bridgehead atoms. The van der Waals surface area contributed by atoms with Gasteiger partial charge < -0.3 is 14.6 Å². The van der Waals surface area contributed by atoms with E-state index in [-0.39, 0.29) is 23.1 Å². The van der Waals surface area contributed by atoms with Crippen molar-refractivity contribution >= 4 is 11.7 Å². The molecule has 144 valence electrons. The third kappa shape index (κ3) is 5.54. The maximum absolute atomic E-state index is 11.5. The van der Waals surface area contributed by atoms with E-state index in [0.29, 0.717) is 11.1 Å². The molecule has 2 aromatic rings. The molecule has 0 amide bonds. The fourth-order valence-electron chi connectivity index (χ4n) is 2.97. The van der Waals surface area contributed by atoms with Gasteiger partial charge in [-0.3, -0.25) is 10.1 Å². The summed E-state index contributed by atoms with van der Waals surface area (Å²) in [6, 6.07) is 10.8. The molecular weight excluding hydrogens is 346 g/mol. The minimum absolute atomic E-state index is 0.00948. The zero-order chi connectivity index (χ0) is 19.8. The number of hydrogen-bond donors (Lipinski definition) is 0. The number of nitro benzene ring substituents is 1. The first-order valence-corrected chi connectivity index (χ1v) is 9.19. The number of carboxylic acids is 1. The molecule has 0 saturated carbocycles. The Morgan fingerprint density at radius 1 is 1.15 bits per heavy atom. The van der Waals surface area contributed by atoms with Gasteiger partial charge in [0.15, 0.2) is 5.75 Å². The standard InChI is InChI=1S/C21H25NO5/c1-3-4-5-6-9-15(2)27-20-13-12-16(14-19(20)22(25)26)17-10-7-8-11-18(17)21(23)24/h7-8,10-15H,3-6,9H2,1-2H3,(H,23,24)/p-1/t15-/m0/s1. The molecule has 0 aliphatic heterocycles. The summed E-state index contributed by atoms with van der Waals surface area (Å²) in [4.78, 5) is 22.3. The second-order valence-corrected chi connectivity index (χ2v) is 6.55. The van der Waals surface area contributed by atoms with E-state index in [4.69, 9.17) is 4.74 Å². The molecule has 0 spiro atoms. The van der Waals surface area contributed by atoms with Crippen molar-refractivity contribution in [1.29, 1.82) is 0 Å². The van der Waals surface area contributed by atoms with Crippen LogP contribution >= 0.6 is 0 Å². The van der Waals surface area contributed by atoms with E-state index in [2.05, 4.69) is 6.92 Å². The number of aromatic carboxylic acids is 1. The highest BCUT2D eigenvalue weighted by atomic mass is 16.6. The molecule has 0 unspecified atom stereocenters. The molecule has 0 radical (unpaired) electrons. The monoisotopic (exact) mass is 370 g/mol. The molecule has 6 heteroatoms. The maximum Gasteiger partial charge on any atom is 0.311 e. The number of ether oxygens (including phenoxy) is 1. The third-order valence-corrected chi connectivity index (χ3v) is 4.41. The normalized spacial score (nSPS) is 11.8. The number of nitro groups is 1. The SMILES string of the molecule is CCCCCC[C@H](C)Oc1ccc(-c2ccccc2C(=O)[O-])cc1[N+](=O)[O-]. The summed E-state index contributed by atoms with van der Waals surface area (Å²) in [5.41, 5.74) is 0.620. The average Bonchev–Trinajstić information content (AvgIpc) is 2.65. The Kier molecular flexibility index (Phi) is 7.34. The highest BCUT2D eigenvalue weighted by Crippen LogP contribution is 2.34. The van der Waals surface area contributed by atoms with Crippen molar-refractivity contribution in [1.82, 2.24) is 0 Å². The van der Waals surface area contributed by atoms with Crippen LogP contribution in [0, 0.1) is 10.1 Å². The largest absolute Gasteiger partial charge is 0.545 e. The zero-order valence-corrected chi connectivity index (χ0v) is 15.6. The van der Waals surface area contributed by atoms with Crippen molar-refractivity contribution in [2.75, 3.05) is 0 Å². The lowest BCUT2D eigenvalue weighted by Crippen LogP contribution is -2.22. The fraction of sp³-hybridized carbons (Fsp3) is 0.381. The summed E-state index contributed by atoms with van der Waals surface area (Å²) in [7, 11) is 0. The predicted molar refractivity (Wildman–Crippen MR) is 102 cm³/mol. The fourth-order valence-corrected chi connectivity index (χ4v) is 2.97. The lowest BCUT2D eigenvalue weighted by molar-refractivity contribution is -0.386. The summed E-state index contributed by atoms with van der Waals surface area (Å²) < 4.78 is 5.79.